The molecule has 0 bridgehead atoms. The molecule has 0 aliphatic carbocycles. The molecule has 2 aromatic rings. The van der Waals surface area contributed by atoms with Gasteiger partial charge in [0.05, 0.1) is 12.7 Å². The quantitative estimate of drug-likeness (QED) is 0.830. The molecule has 0 N–H and O–H groups in total. The van der Waals surface area contributed by atoms with E-state index in [0.29, 0.717) is 0 Å². The van der Waals surface area contributed by atoms with E-state index in [2.05, 4.69) is 42.5 Å². The molecule has 2 heteroatoms. The smallest absolute Gasteiger partial charge is 0.184 e. The fourth-order valence-electron chi connectivity index (χ4n) is 2.56. The van der Waals surface area contributed by atoms with Crippen molar-refractivity contribution in [2.45, 2.75) is 31.7 Å². The second kappa shape index (κ2) is 6.69. The molecule has 0 radical (unpaired) electrons. The maximum Gasteiger partial charge on any atom is 0.184 e. The average Bonchev–Trinajstić information content (AvgIpc) is 2.55. The third-order valence-electron chi connectivity index (χ3n) is 3.69. The number of hydrogen-bond donors (Lipinski definition) is 0. The Morgan fingerprint density at radius 1 is 0.900 bits per heavy atom. The van der Waals surface area contributed by atoms with E-state index < -0.39 is 0 Å². The predicted octanol–water partition coefficient (Wildman–Crippen LogP) is 4.12. The summed E-state index contributed by atoms with van der Waals surface area (Å²) in [6.07, 6.45) is 3.18. The number of rotatable bonds is 4. The second-order valence-corrected chi connectivity index (χ2v) is 5.18. The molecule has 0 unspecified atom stereocenters. The van der Waals surface area contributed by atoms with E-state index in [1.165, 1.54) is 5.56 Å². The van der Waals surface area contributed by atoms with Gasteiger partial charge in [0.2, 0.25) is 0 Å². The maximum absolute atomic E-state index is 6.07. The summed E-state index contributed by atoms with van der Waals surface area (Å²) in [5.74, 6) is 0. The van der Waals surface area contributed by atoms with Gasteiger partial charge >= 0.3 is 0 Å². The van der Waals surface area contributed by atoms with Gasteiger partial charge in [-0.25, -0.2) is 0 Å². The molecule has 1 saturated heterocycles. The molecule has 1 heterocycles. The summed E-state index contributed by atoms with van der Waals surface area (Å²) in [4.78, 5) is 0. The summed E-state index contributed by atoms with van der Waals surface area (Å²) in [5, 5.41) is 0. The minimum absolute atomic E-state index is 0.203. The molecule has 2 nitrogen and oxygen atoms in total. The highest BCUT2D eigenvalue weighted by atomic mass is 16.7. The average molecular weight is 268 g/mol. The first-order valence-corrected chi connectivity index (χ1v) is 7.28. The van der Waals surface area contributed by atoms with Crippen molar-refractivity contribution in [2.75, 3.05) is 6.61 Å². The maximum atomic E-state index is 6.07. The summed E-state index contributed by atoms with van der Waals surface area (Å²) in [7, 11) is 0. The van der Waals surface area contributed by atoms with Crippen molar-refractivity contribution in [1.29, 1.82) is 0 Å². The molecule has 2 aromatic carbocycles. The normalized spacial score (nSPS) is 22.6. The lowest BCUT2D eigenvalue weighted by Gasteiger charge is -2.30. The lowest BCUT2D eigenvalue weighted by atomic mass is 10.0. The number of benzene rings is 2. The molecular formula is C18H20O2. The highest BCUT2D eigenvalue weighted by Crippen LogP contribution is 2.27. The van der Waals surface area contributed by atoms with Crippen LogP contribution >= 0.6 is 0 Å². The number of hydrogen-bond acceptors (Lipinski definition) is 2. The van der Waals surface area contributed by atoms with E-state index >= 15 is 0 Å². The van der Waals surface area contributed by atoms with Crippen LogP contribution in [0.5, 0.6) is 0 Å². The van der Waals surface area contributed by atoms with Crippen molar-refractivity contribution < 1.29 is 9.47 Å². The van der Waals surface area contributed by atoms with Gasteiger partial charge in [0, 0.05) is 5.56 Å². The Bertz CT molecular complexity index is 509. The Labute approximate surface area is 120 Å². The van der Waals surface area contributed by atoms with E-state index in [9.17, 15) is 0 Å². The van der Waals surface area contributed by atoms with Crippen molar-refractivity contribution in [3.8, 4) is 0 Å². The number of ether oxygens (including phenoxy) is 2. The Hall–Kier alpha value is -1.64. The van der Waals surface area contributed by atoms with E-state index in [0.717, 1.165) is 31.4 Å². The van der Waals surface area contributed by atoms with Crippen molar-refractivity contribution in [1.82, 2.24) is 0 Å². The summed E-state index contributed by atoms with van der Waals surface area (Å²) in [5.41, 5.74) is 2.48. The van der Waals surface area contributed by atoms with Gasteiger partial charge in [-0.3, -0.25) is 0 Å². The molecule has 0 spiro atoms. The van der Waals surface area contributed by atoms with Crippen LogP contribution in [0.15, 0.2) is 60.7 Å². The van der Waals surface area contributed by atoms with Crippen LogP contribution in [0.3, 0.4) is 0 Å². The third kappa shape index (κ3) is 3.47. The zero-order chi connectivity index (χ0) is 13.6. The van der Waals surface area contributed by atoms with Crippen molar-refractivity contribution in [2.24, 2.45) is 0 Å². The summed E-state index contributed by atoms with van der Waals surface area (Å²) in [6.45, 7) is 0.777. The zero-order valence-electron chi connectivity index (χ0n) is 11.6. The van der Waals surface area contributed by atoms with Gasteiger partial charge < -0.3 is 9.47 Å². The van der Waals surface area contributed by atoms with Crippen LogP contribution in [0.4, 0.5) is 0 Å². The fraction of sp³-hybridized carbons (Fsp3) is 0.333. The molecule has 1 aliphatic heterocycles. The topological polar surface area (TPSA) is 18.5 Å². The van der Waals surface area contributed by atoms with Gasteiger partial charge in [-0.1, -0.05) is 60.7 Å². The minimum Gasteiger partial charge on any atom is -0.348 e. The Balaban J connectivity index is 1.56. The van der Waals surface area contributed by atoms with Gasteiger partial charge in [-0.2, -0.15) is 0 Å². The second-order valence-electron chi connectivity index (χ2n) is 5.18. The zero-order valence-corrected chi connectivity index (χ0v) is 11.6. The van der Waals surface area contributed by atoms with Crippen LogP contribution in [0.1, 0.15) is 30.3 Å². The lowest BCUT2D eigenvalue weighted by molar-refractivity contribution is -0.218. The highest BCUT2D eigenvalue weighted by Gasteiger charge is 2.23. The van der Waals surface area contributed by atoms with Crippen LogP contribution in [-0.4, -0.2) is 12.7 Å². The highest BCUT2D eigenvalue weighted by molar-refractivity contribution is 5.17. The number of aryl methyl sites for hydroxylation is 1. The van der Waals surface area contributed by atoms with Crippen LogP contribution in [0, 0.1) is 0 Å². The Kier molecular flexibility index (Phi) is 4.46. The molecule has 0 aromatic heterocycles. The van der Waals surface area contributed by atoms with E-state index in [1.54, 1.807) is 0 Å². The molecule has 1 aliphatic rings. The molecule has 3 rings (SSSR count). The molecule has 104 valence electrons. The Morgan fingerprint density at radius 3 is 2.35 bits per heavy atom. The van der Waals surface area contributed by atoms with Gasteiger partial charge in [0.25, 0.3) is 0 Å². The van der Waals surface area contributed by atoms with Gasteiger partial charge in [0.15, 0.2) is 6.29 Å². The van der Waals surface area contributed by atoms with Gasteiger partial charge in [0.1, 0.15) is 0 Å². The molecule has 0 saturated carbocycles. The monoisotopic (exact) mass is 268 g/mol. The molecule has 0 amide bonds. The SMILES string of the molecule is c1ccc(CC[C@@H]2CCO[C@H](c3ccccc3)O2)cc1. The molecule has 2 atom stereocenters. The van der Waals surface area contributed by atoms with Crippen LogP contribution in [0.2, 0.25) is 0 Å². The fourth-order valence-corrected chi connectivity index (χ4v) is 2.56. The van der Waals surface area contributed by atoms with Crippen molar-refractivity contribution in [3.05, 3.63) is 71.8 Å². The predicted molar refractivity (Wildman–Crippen MR) is 79.4 cm³/mol. The van der Waals surface area contributed by atoms with E-state index in [-0.39, 0.29) is 12.4 Å². The largest absolute Gasteiger partial charge is 0.348 e. The Morgan fingerprint density at radius 2 is 1.60 bits per heavy atom. The van der Waals surface area contributed by atoms with E-state index in [4.69, 9.17) is 9.47 Å². The third-order valence-corrected chi connectivity index (χ3v) is 3.69. The lowest BCUT2D eigenvalue weighted by Crippen LogP contribution is -2.27. The molecular weight excluding hydrogens is 248 g/mol. The van der Waals surface area contributed by atoms with Crippen LogP contribution < -0.4 is 0 Å². The van der Waals surface area contributed by atoms with E-state index in [1.807, 2.05) is 18.2 Å². The first kappa shape index (κ1) is 13.3. The molecule has 20 heavy (non-hydrogen) atoms. The molecule has 1 fully saturated rings. The standard InChI is InChI=1S/C18H20O2/c1-3-7-15(8-4-1)11-12-17-13-14-19-18(20-17)16-9-5-2-6-10-16/h1-10,17-18H,11-14H2/t17-,18+/m1/s1. The minimum atomic E-state index is -0.203. The van der Waals surface area contributed by atoms with Crippen molar-refractivity contribution >= 4 is 0 Å². The van der Waals surface area contributed by atoms with Gasteiger partial charge in [-0.15, -0.1) is 0 Å². The summed E-state index contributed by atoms with van der Waals surface area (Å²) in [6, 6.07) is 20.8. The first-order valence-electron chi connectivity index (χ1n) is 7.28. The van der Waals surface area contributed by atoms with Crippen molar-refractivity contribution in [3.63, 3.8) is 0 Å². The summed E-state index contributed by atoms with van der Waals surface area (Å²) < 4.78 is 11.8. The first-order chi connectivity index (χ1) is 9.92. The van der Waals surface area contributed by atoms with Gasteiger partial charge in [-0.05, 0) is 24.8 Å². The van der Waals surface area contributed by atoms with Crippen LogP contribution in [0.25, 0.3) is 0 Å². The summed E-state index contributed by atoms with van der Waals surface area (Å²) >= 11 is 0. The van der Waals surface area contributed by atoms with Crippen LogP contribution in [-0.2, 0) is 15.9 Å².